The zero-order valence-corrected chi connectivity index (χ0v) is 13.0. The van der Waals surface area contributed by atoms with E-state index in [0.717, 1.165) is 12.1 Å². The van der Waals surface area contributed by atoms with E-state index in [1.807, 2.05) is 20.8 Å². The molecule has 0 aromatic rings. The Morgan fingerprint density at radius 1 is 1.60 bits per heavy atom. The summed E-state index contributed by atoms with van der Waals surface area (Å²) < 4.78 is 5.41. The first-order valence-corrected chi connectivity index (χ1v) is 7.03. The van der Waals surface area contributed by atoms with E-state index in [0.29, 0.717) is 12.3 Å². The highest BCUT2D eigenvalue weighted by Gasteiger charge is 2.31. The first kappa shape index (κ1) is 16.8. The van der Waals surface area contributed by atoms with Gasteiger partial charge in [0.05, 0.1) is 18.4 Å². The van der Waals surface area contributed by atoms with E-state index < -0.39 is 17.7 Å². The molecule has 0 aromatic heterocycles. The molecule has 0 fully saturated rings. The van der Waals surface area contributed by atoms with Gasteiger partial charge in [0.15, 0.2) is 6.10 Å². The van der Waals surface area contributed by atoms with Crippen molar-refractivity contribution in [3.8, 4) is 0 Å². The lowest BCUT2D eigenvalue weighted by molar-refractivity contribution is 0.00454. The molecular formula is C14H26N2O4. The van der Waals surface area contributed by atoms with Crippen LogP contribution in [0.4, 0.5) is 4.79 Å². The predicted octanol–water partition coefficient (Wildman–Crippen LogP) is 2.06. The highest BCUT2D eigenvalue weighted by Crippen LogP contribution is 2.21. The number of carbonyl (C=O) groups excluding carboxylic acids is 1. The largest absolute Gasteiger partial charge is 0.444 e. The number of alkyl carbamates (subject to hydrolysis) is 1. The quantitative estimate of drug-likeness (QED) is 0.783. The molecule has 1 aliphatic heterocycles. The molecule has 0 spiro atoms. The van der Waals surface area contributed by atoms with Crippen LogP contribution in [0.1, 0.15) is 47.5 Å². The fraction of sp³-hybridized carbons (Fsp3) is 0.857. The summed E-state index contributed by atoms with van der Waals surface area (Å²) in [7, 11) is 0. The van der Waals surface area contributed by atoms with Crippen molar-refractivity contribution in [2.24, 2.45) is 11.1 Å². The molecule has 1 aliphatic rings. The average Bonchev–Trinajstić information content (AvgIpc) is 2.69. The van der Waals surface area contributed by atoms with Crippen molar-refractivity contribution in [1.82, 2.24) is 5.32 Å². The van der Waals surface area contributed by atoms with Gasteiger partial charge in [0, 0.05) is 6.42 Å². The van der Waals surface area contributed by atoms with Gasteiger partial charge in [-0.15, -0.1) is 0 Å². The Morgan fingerprint density at radius 2 is 2.25 bits per heavy atom. The van der Waals surface area contributed by atoms with Gasteiger partial charge in [-0.3, -0.25) is 0 Å². The van der Waals surface area contributed by atoms with E-state index >= 15 is 0 Å². The molecule has 2 N–H and O–H groups in total. The van der Waals surface area contributed by atoms with Crippen molar-refractivity contribution < 1.29 is 19.5 Å². The van der Waals surface area contributed by atoms with Crippen LogP contribution in [0.5, 0.6) is 0 Å². The minimum Gasteiger partial charge on any atom is -0.444 e. The molecule has 1 amide bonds. The minimum atomic E-state index is -0.540. The van der Waals surface area contributed by atoms with Crippen LogP contribution in [-0.4, -0.2) is 41.3 Å². The number of hydrogen-bond donors (Lipinski definition) is 2. The summed E-state index contributed by atoms with van der Waals surface area (Å²) in [4.78, 5) is 17.1. The maximum Gasteiger partial charge on any atom is 0.408 e. The number of carbonyl (C=O) groups is 1. The van der Waals surface area contributed by atoms with Gasteiger partial charge in [0.1, 0.15) is 5.60 Å². The normalized spacial score (nSPS) is 20.4. The lowest BCUT2D eigenvalue weighted by Crippen LogP contribution is -2.48. The first-order chi connectivity index (χ1) is 9.23. The van der Waals surface area contributed by atoms with Crippen molar-refractivity contribution in [3.63, 3.8) is 0 Å². The summed E-state index contributed by atoms with van der Waals surface area (Å²) in [6, 6.07) is -0.515. The summed E-state index contributed by atoms with van der Waals surface area (Å²) in [5.41, 5.74) is 0.310. The summed E-state index contributed by atoms with van der Waals surface area (Å²) in [6.07, 6.45) is 0.497. The molecule has 0 aliphatic carbocycles. The topological polar surface area (TPSA) is 80.2 Å². The molecule has 1 heterocycles. The molecule has 0 aromatic carbocycles. The lowest BCUT2D eigenvalue weighted by atomic mass is 9.96. The van der Waals surface area contributed by atoms with E-state index in [1.165, 1.54) is 0 Å². The van der Waals surface area contributed by atoms with E-state index in [4.69, 9.17) is 9.57 Å². The number of aliphatic hydroxyl groups is 1. The van der Waals surface area contributed by atoms with Gasteiger partial charge in [-0.25, -0.2) is 4.79 Å². The van der Waals surface area contributed by atoms with Crippen LogP contribution < -0.4 is 5.32 Å². The van der Waals surface area contributed by atoms with Crippen LogP contribution in [0.3, 0.4) is 0 Å². The molecule has 0 radical (unpaired) electrons. The van der Waals surface area contributed by atoms with Gasteiger partial charge < -0.3 is 20.0 Å². The molecule has 0 unspecified atom stereocenters. The molecule has 0 saturated carbocycles. The van der Waals surface area contributed by atoms with E-state index in [-0.39, 0.29) is 12.7 Å². The average molecular weight is 286 g/mol. The Hall–Kier alpha value is -1.30. The second-order valence-electron chi connectivity index (χ2n) is 6.36. The number of hydrogen-bond acceptors (Lipinski definition) is 5. The Balaban J connectivity index is 2.47. The molecule has 6 heteroatoms. The van der Waals surface area contributed by atoms with Gasteiger partial charge in [-0.05, 0) is 33.1 Å². The first-order valence-electron chi connectivity index (χ1n) is 7.03. The van der Waals surface area contributed by atoms with Gasteiger partial charge in [0.2, 0.25) is 0 Å². The fourth-order valence-corrected chi connectivity index (χ4v) is 2.45. The number of oxime groups is 1. The van der Waals surface area contributed by atoms with Crippen LogP contribution in [0.25, 0.3) is 0 Å². The zero-order chi connectivity index (χ0) is 15.3. The molecule has 0 saturated heterocycles. The number of nitrogens with one attached hydrogen (secondary N) is 1. The summed E-state index contributed by atoms with van der Waals surface area (Å²) >= 11 is 0. The maximum atomic E-state index is 11.9. The van der Waals surface area contributed by atoms with Crippen molar-refractivity contribution in [1.29, 1.82) is 0 Å². The van der Waals surface area contributed by atoms with E-state index in [9.17, 15) is 9.90 Å². The summed E-state index contributed by atoms with van der Waals surface area (Å²) in [6.45, 7) is 9.53. The Bertz CT molecular complexity index is 366. The second-order valence-corrected chi connectivity index (χ2v) is 6.36. The van der Waals surface area contributed by atoms with Crippen molar-refractivity contribution in [3.05, 3.63) is 0 Å². The standard InChI is InChI=1S/C14H26N2O4/c1-9(2)7-14(4,5)19-13(18)15-11(8-17)12-6-10(3)16-20-12/h9,11-12,17H,6-8H2,1-5H3,(H,15,18)/t11-,12+/m1/s1. The molecule has 0 bridgehead atoms. The van der Waals surface area contributed by atoms with E-state index in [1.54, 1.807) is 0 Å². The number of nitrogens with zero attached hydrogens (tertiary/aromatic N) is 1. The Labute approximate surface area is 120 Å². The number of amides is 1. The number of aliphatic hydroxyl groups excluding tert-OH is 1. The molecule has 6 nitrogen and oxygen atoms in total. The fourth-order valence-electron chi connectivity index (χ4n) is 2.45. The number of ether oxygens (including phenoxy) is 1. The number of rotatable bonds is 6. The predicted molar refractivity (Wildman–Crippen MR) is 76.6 cm³/mol. The van der Waals surface area contributed by atoms with Gasteiger partial charge in [-0.1, -0.05) is 19.0 Å². The van der Waals surface area contributed by atoms with Crippen LogP contribution >= 0.6 is 0 Å². The minimum absolute atomic E-state index is 0.215. The van der Waals surface area contributed by atoms with Crippen molar-refractivity contribution in [2.75, 3.05) is 6.61 Å². The Kier molecular flexibility index (Phi) is 5.80. The lowest BCUT2D eigenvalue weighted by Gasteiger charge is -2.29. The zero-order valence-electron chi connectivity index (χ0n) is 13.0. The van der Waals surface area contributed by atoms with Crippen molar-refractivity contribution >= 4 is 11.8 Å². The van der Waals surface area contributed by atoms with Crippen LogP contribution in [-0.2, 0) is 9.57 Å². The highest BCUT2D eigenvalue weighted by atomic mass is 16.6. The molecule has 20 heavy (non-hydrogen) atoms. The second kappa shape index (κ2) is 6.92. The maximum absolute atomic E-state index is 11.9. The monoisotopic (exact) mass is 286 g/mol. The molecule has 116 valence electrons. The molecular weight excluding hydrogens is 260 g/mol. The van der Waals surface area contributed by atoms with E-state index in [2.05, 4.69) is 24.3 Å². The van der Waals surface area contributed by atoms with Gasteiger partial charge in [0.25, 0.3) is 0 Å². The smallest absolute Gasteiger partial charge is 0.408 e. The van der Waals surface area contributed by atoms with Crippen LogP contribution in [0, 0.1) is 5.92 Å². The third-order valence-corrected chi connectivity index (χ3v) is 3.06. The molecule has 1 rings (SSSR count). The highest BCUT2D eigenvalue weighted by molar-refractivity contribution is 5.83. The van der Waals surface area contributed by atoms with Gasteiger partial charge >= 0.3 is 6.09 Å². The SMILES string of the molecule is CC1=NO[C@H]([C@@H](CO)NC(=O)OC(C)(C)CC(C)C)C1. The summed E-state index contributed by atoms with van der Waals surface area (Å²) in [5.74, 6) is 0.431. The van der Waals surface area contributed by atoms with Crippen LogP contribution in [0.15, 0.2) is 5.16 Å². The molecule has 2 atom stereocenters. The van der Waals surface area contributed by atoms with Crippen molar-refractivity contribution in [2.45, 2.75) is 65.2 Å². The third kappa shape index (κ3) is 5.36. The third-order valence-electron chi connectivity index (χ3n) is 3.06. The summed E-state index contributed by atoms with van der Waals surface area (Å²) in [5, 5.41) is 15.8. The van der Waals surface area contributed by atoms with Gasteiger partial charge in [-0.2, -0.15) is 0 Å². The Morgan fingerprint density at radius 3 is 2.70 bits per heavy atom. The van der Waals surface area contributed by atoms with Crippen LogP contribution in [0.2, 0.25) is 0 Å².